The first kappa shape index (κ1) is 12.1. The molecule has 0 fully saturated rings. The van der Waals surface area contributed by atoms with Gasteiger partial charge in [0.2, 0.25) is 0 Å². The fraction of sp³-hybridized carbons (Fsp3) is 0.364. The van der Waals surface area contributed by atoms with E-state index < -0.39 is 15.4 Å². The molecule has 1 aromatic heterocycles. The lowest BCUT2D eigenvalue weighted by atomic mass is 10.1. The van der Waals surface area contributed by atoms with Gasteiger partial charge in [0.05, 0.1) is 16.0 Å². The Morgan fingerprint density at radius 3 is 2.53 bits per heavy atom. The fourth-order valence-electron chi connectivity index (χ4n) is 1.61. The molecule has 6 heteroatoms. The Bertz CT molecular complexity index is 666. The second-order valence-electron chi connectivity index (χ2n) is 4.73. The fourth-order valence-corrected chi connectivity index (χ4v) is 2.44. The van der Waals surface area contributed by atoms with E-state index in [4.69, 9.17) is 5.73 Å². The molecule has 2 rings (SSSR count). The molecule has 1 heterocycles. The molecule has 17 heavy (non-hydrogen) atoms. The summed E-state index contributed by atoms with van der Waals surface area (Å²) in [5, 5.41) is 0. The van der Waals surface area contributed by atoms with Gasteiger partial charge >= 0.3 is 0 Å². The largest absolute Gasteiger partial charge is 0.340 e. The quantitative estimate of drug-likeness (QED) is 0.840. The molecule has 0 aliphatic heterocycles. The molecule has 0 unspecified atom stereocenters. The molecule has 0 spiro atoms. The molecule has 0 amide bonds. The van der Waals surface area contributed by atoms with Gasteiger partial charge in [-0.25, -0.2) is 13.4 Å². The van der Waals surface area contributed by atoms with Crippen LogP contribution in [0.2, 0.25) is 0 Å². The van der Waals surface area contributed by atoms with Gasteiger partial charge in [-0.15, -0.1) is 0 Å². The Labute approximate surface area is 100.0 Å². The van der Waals surface area contributed by atoms with Gasteiger partial charge < -0.3 is 10.7 Å². The zero-order chi connectivity index (χ0) is 12.8. The number of rotatable bonds is 2. The molecule has 0 bridgehead atoms. The molecule has 0 atom stereocenters. The van der Waals surface area contributed by atoms with Crippen molar-refractivity contribution in [1.29, 1.82) is 0 Å². The minimum absolute atomic E-state index is 0.224. The number of benzene rings is 1. The van der Waals surface area contributed by atoms with Crippen LogP contribution in [0.15, 0.2) is 23.1 Å². The third kappa shape index (κ3) is 2.18. The molecular weight excluding hydrogens is 238 g/mol. The van der Waals surface area contributed by atoms with Crippen molar-refractivity contribution >= 4 is 20.9 Å². The van der Waals surface area contributed by atoms with Gasteiger partial charge in [0.15, 0.2) is 9.84 Å². The van der Waals surface area contributed by atoms with E-state index in [2.05, 4.69) is 9.97 Å². The van der Waals surface area contributed by atoms with E-state index in [1.54, 1.807) is 18.2 Å². The van der Waals surface area contributed by atoms with Gasteiger partial charge in [-0.3, -0.25) is 0 Å². The van der Waals surface area contributed by atoms with Crippen LogP contribution in [0.3, 0.4) is 0 Å². The van der Waals surface area contributed by atoms with Crippen LogP contribution in [0.25, 0.3) is 11.0 Å². The smallest absolute Gasteiger partial charge is 0.177 e. The standard InChI is InChI=1S/C11H15N3O2S/c1-11(2,12)10-13-7-5-4-6-8(9(7)14-10)17(3,15)16/h4-6H,12H2,1-3H3,(H,13,14). The normalized spacial score (nSPS) is 13.2. The van der Waals surface area contributed by atoms with Gasteiger partial charge in [-0.1, -0.05) is 6.07 Å². The van der Waals surface area contributed by atoms with Crippen LogP contribution in [0, 0.1) is 0 Å². The first-order valence-electron chi connectivity index (χ1n) is 5.18. The van der Waals surface area contributed by atoms with Crippen LogP contribution in [0.5, 0.6) is 0 Å². The second kappa shape index (κ2) is 3.54. The number of aromatic nitrogens is 2. The van der Waals surface area contributed by atoms with Crippen molar-refractivity contribution in [3.63, 3.8) is 0 Å². The molecule has 5 nitrogen and oxygen atoms in total. The first-order valence-corrected chi connectivity index (χ1v) is 7.07. The number of aromatic amines is 1. The van der Waals surface area contributed by atoms with Crippen molar-refractivity contribution < 1.29 is 8.42 Å². The number of H-pyrrole nitrogens is 1. The predicted octanol–water partition coefficient (Wildman–Crippen LogP) is 1.16. The molecule has 0 saturated heterocycles. The summed E-state index contributed by atoms with van der Waals surface area (Å²) in [4.78, 5) is 7.56. The average Bonchev–Trinajstić information content (AvgIpc) is 2.57. The van der Waals surface area contributed by atoms with Gasteiger partial charge in [0.1, 0.15) is 11.3 Å². The van der Waals surface area contributed by atoms with Crippen LogP contribution in [-0.2, 0) is 15.4 Å². The lowest BCUT2D eigenvalue weighted by Crippen LogP contribution is -2.30. The molecule has 0 saturated carbocycles. The molecule has 0 radical (unpaired) electrons. The van der Waals surface area contributed by atoms with E-state index in [9.17, 15) is 8.42 Å². The maximum Gasteiger partial charge on any atom is 0.177 e. The van der Waals surface area contributed by atoms with Crippen molar-refractivity contribution in [2.75, 3.05) is 6.26 Å². The van der Waals surface area contributed by atoms with E-state index in [0.29, 0.717) is 16.9 Å². The average molecular weight is 253 g/mol. The maximum atomic E-state index is 11.6. The third-order valence-corrected chi connectivity index (χ3v) is 3.61. The Hall–Kier alpha value is -1.40. The highest BCUT2D eigenvalue weighted by atomic mass is 32.2. The molecule has 3 N–H and O–H groups in total. The Morgan fingerprint density at radius 2 is 2.00 bits per heavy atom. The molecule has 0 aliphatic rings. The second-order valence-corrected chi connectivity index (χ2v) is 6.72. The summed E-state index contributed by atoms with van der Waals surface area (Å²) < 4.78 is 23.2. The zero-order valence-electron chi connectivity index (χ0n) is 9.98. The number of nitrogens with two attached hydrogens (primary N) is 1. The highest BCUT2D eigenvalue weighted by Gasteiger charge is 2.21. The summed E-state index contributed by atoms with van der Waals surface area (Å²) in [5.74, 6) is 0.573. The van der Waals surface area contributed by atoms with Crippen LogP contribution in [0.1, 0.15) is 19.7 Å². The summed E-state index contributed by atoms with van der Waals surface area (Å²) in [6.45, 7) is 3.62. The van der Waals surface area contributed by atoms with E-state index in [0.717, 1.165) is 0 Å². The number of hydrogen-bond acceptors (Lipinski definition) is 4. The van der Waals surface area contributed by atoms with Crippen molar-refractivity contribution in [2.45, 2.75) is 24.3 Å². The van der Waals surface area contributed by atoms with Crippen molar-refractivity contribution in [3.8, 4) is 0 Å². The van der Waals surface area contributed by atoms with E-state index >= 15 is 0 Å². The van der Waals surface area contributed by atoms with Crippen molar-refractivity contribution in [1.82, 2.24) is 9.97 Å². The lowest BCUT2D eigenvalue weighted by molar-refractivity contribution is 0.522. The number of fused-ring (bicyclic) bond motifs is 1. The van der Waals surface area contributed by atoms with Crippen LogP contribution in [-0.4, -0.2) is 24.6 Å². The van der Waals surface area contributed by atoms with E-state index in [1.165, 1.54) is 6.26 Å². The topological polar surface area (TPSA) is 88.8 Å². The zero-order valence-corrected chi connectivity index (χ0v) is 10.8. The minimum Gasteiger partial charge on any atom is -0.340 e. The van der Waals surface area contributed by atoms with Crippen LogP contribution < -0.4 is 5.73 Å². The predicted molar refractivity (Wildman–Crippen MR) is 66.4 cm³/mol. The number of para-hydroxylation sites is 1. The minimum atomic E-state index is -3.28. The molecule has 0 aliphatic carbocycles. The Kier molecular flexibility index (Phi) is 2.52. The Morgan fingerprint density at radius 1 is 1.35 bits per heavy atom. The highest BCUT2D eigenvalue weighted by Crippen LogP contribution is 2.24. The third-order valence-electron chi connectivity index (χ3n) is 2.49. The van der Waals surface area contributed by atoms with E-state index in [-0.39, 0.29) is 4.90 Å². The summed E-state index contributed by atoms with van der Waals surface area (Å²) in [6.07, 6.45) is 1.17. The molecular formula is C11H15N3O2S. The van der Waals surface area contributed by atoms with Crippen molar-refractivity contribution in [2.24, 2.45) is 5.73 Å². The van der Waals surface area contributed by atoms with Gasteiger partial charge in [0.25, 0.3) is 0 Å². The van der Waals surface area contributed by atoms with Crippen molar-refractivity contribution in [3.05, 3.63) is 24.0 Å². The number of sulfone groups is 1. The lowest BCUT2D eigenvalue weighted by Gasteiger charge is -2.14. The molecule has 1 aromatic carbocycles. The molecule has 92 valence electrons. The summed E-state index contributed by atoms with van der Waals surface area (Å²) >= 11 is 0. The first-order chi connectivity index (χ1) is 7.69. The summed E-state index contributed by atoms with van der Waals surface area (Å²) in [6, 6.07) is 5.02. The van der Waals surface area contributed by atoms with Gasteiger partial charge in [-0.2, -0.15) is 0 Å². The maximum absolute atomic E-state index is 11.6. The summed E-state index contributed by atoms with van der Waals surface area (Å²) in [7, 11) is -3.28. The van der Waals surface area contributed by atoms with Crippen LogP contribution in [0.4, 0.5) is 0 Å². The van der Waals surface area contributed by atoms with Gasteiger partial charge in [0, 0.05) is 6.26 Å². The Balaban J connectivity index is 2.79. The number of imidazole rings is 1. The van der Waals surface area contributed by atoms with Gasteiger partial charge in [-0.05, 0) is 26.0 Å². The monoisotopic (exact) mass is 253 g/mol. The van der Waals surface area contributed by atoms with E-state index in [1.807, 2.05) is 13.8 Å². The number of nitrogens with one attached hydrogen (secondary N) is 1. The number of nitrogens with zero attached hydrogens (tertiary/aromatic N) is 1. The molecule has 2 aromatic rings. The highest BCUT2D eigenvalue weighted by molar-refractivity contribution is 7.91. The number of hydrogen-bond donors (Lipinski definition) is 2. The van der Waals surface area contributed by atoms with Crippen LogP contribution >= 0.6 is 0 Å². The summed E-state index contributed by atoms with van der Waals surface area (Å²) in [5.41, 5.74) is 6.43. The SMILES string of the molecule is CC(C)(N)c1nc2c(S(C)(=O)=O)cccc2[nH]1.